The monoisotopic (exact) mass is 347 g/mol. The molecule has 1 aromatic rings. The van der Waals surface area contributed by atoms with Gasteiger partial charge >= 0.3 is 0 Å². The van der Waals surface area contributed by atoms with E-state index < -0.39 is 38.8 Å². The standard InChI is InChI=1S/C13H16B6FN3O3/c14-10(15)8(25)22-9(26)11(16)13(10,18)19-12(17)6-4(7(24)23(11)12)1-3(20)2-5(6)21/h1-2,19H,14-18,21H2,(H,22,25,26). The number of anilines is 1. The molecule has 26 heavy (non-hydrogen) atoms. The molecule has 126 valence electrons. The Balaban J connectivity index is 2.05. The number of nitrogens with one attached hydrogen (secondary N) is 1. The predicted molar refractivity (Wildman–Crippen MR) is 110 cm³/mol. The summed E-state index contributed by atoms with van der Waals surface area (Å²) in [5.74, 6) is -1.88. The lowest BCUT2D eigenvalue weighted by Gasteiger charge is -2.56. The normalized spacial score (nSPS) is 36.8. The average Bonchev–Trinajstić information content (AvgIpc) is 2.84. The SMILES string of the molecule is BC12BC3(B)C(B)(B)C(=O)NC(=O)C3(B)N1C(=O)c1cc(F)cc(N)c12. The summed E-state index contributed by atoms with van der Waals surface area (Å²) < 4.78 is 13.9. The third kappa shape index (κ3) is 1.51. The number of rotatable bonds is 0. The number of carbonyl (C=O) groups is 3. The van der Waals surface area contributed by atoms with Crippen molar-refractivity contribution in [3.63, 3.8) is 0 Å². The van der Waals surface area contributed by atoms with Crippen molar-refractivity contribution in [1.29, 1.82) is 0 Å². The number of imide groups is 1. The molecule has 13 heteroatoms. The molecule has 3 atom stereocenters. The zero-order valence-corrected chi connectivity index (χ0v) is 15.5. The van der Waals surface area contributed by atoms with Crippen molar-refractivity contribution in [3.05, 3.63) is 29.1 Å². The first-order chi connectivity index (χ1) is 11.8. The van der Waals surface area contributed by atoms with Crippen LogP contribution in [0.1, 0.15) is 15.9 Å². The van der Waals surface area contributed by atoms with E-state index in [0.29, 0.717) is 12.8 Å². The number of amides is 3. The van der Waals surface area contributed by atoms with Crippen molar-refractivity contribution < 1.29 is 18.8 Å². The number of benzene rings is 1. The predicted octanol–water partition coefficient (Wildman–Crippen LogP) is -5.83. The van der Waals surface area contributed by atoms with Crippen molar-refractivity contribution in [2.45, 2.75) is 21.2 Å². The molecule has 0 radical (unpaired) electrons. The van der Waals surface area contributed by atoms with Crippen LogP contribution in [0.5, 0.6) is 0 Å². The Bertz CT molecular complexity index is 944. The van der Waals surface area contributed by atoms with Crippen molar-refractivity contribution in [3.8, 4) is 0 Å². The topological polar surface area (TPSA) is 92.5 Å². The van der Waals surface area contributed by atoms with Gasteiger partial charge in [0.2, 0.25) is 11.8 Å². The summed E-state index contributed by atoms with van der Waals surface area (Å²) in [5, 5.41) is -0.171. The number of piperidine rings is 1. The minimum absolute atomic E-state index is 0.189. The molecule has 2 saturated heterocycles. The van der Waals surface area contributed by atoms with Gasteiger partial charge in [-0.05, 0) is 22.9 Å². The summed E-state index contributed by atoms with van der Waals surface area (Å²) in [4.78, 5) is 40.4. The molecule has 0 bridgehead atoms. The number of nitrogen functional groups attached to an aromatic ring is 1. The Labute approximate surface area is 155 Å². The van der Waals surface area contributed by atoms with Gasteiger partial charge in [-0.25, -0.2) is 4.39 Å². The van der Waals surface area contributed by atoms with Crippen LogP contribution < -0.4 is 11.1 Å². The second-order valence-electron chi connectivity index (χ2n) is 8.82. The fraction of sp³-hybridized carbons (Fsp3) is 0.308. The first kappa shape index (κ1) is 17.4. The molecule has 2 fully saturated rings. The molecule has 3 amide bonds. The van der Waals surface area contributed by atoms with Gasteiger partial charge in [-0.2, -0.15) is 0 Å². The minimum atomic E-state index is -1.27. The van der Waals surface area contributed by atoms with Crippen LogP contribution in [0.2, 0.25) is 10.4 Å². The summed E-state index contributed by atoms with van der Waals surface area (Å²) in [7, 11) is 9.36. The van der Waals surface area contributed by atoms with E-state index in [1.54, 1.807) is 23.5 Å². The number of nitrogens with zero attached hydrogens (tertiary/aromatic N) is 1. The first-order valence-corrected chi connectivity index (χ1v) is 8.62. The Hall–Kier alpha value is -2.05. The van der Waals surface area contributed by atoms with Gasteiger partial charge in [-0.3, -0.25) is 19.7 Å². The molecule has 0 saturated carbocycles. The van der Waals surface area contributed by atoms with Crippen LogP contribution in [0, 0.1) is 5.82 Å². The summed E-state index contributed by atoms with van der Waals surface area (Å²) in [6.07, 6.45) is 0. The van der Waals surface area contributed by atoms with Gasteiger partial charge < -0.3 is 10.6 Å². The van der Waals surface area contributed by atoms with Gasteiger partial charge in [0.25, 0.3) is 5.91 Å². The number of hydrogen-bond donors (Lipinski definition) is 2. The smallest absolute Gasteiger partial charge is 0.254 e. The van der Waals surface area contributed by atoms with E-state index in [-0.39, 0.29) is 17.2 Å². The molecule has 0 spiro atoms. The number of nitrogens with two attached hydrogens (primary N) is 1. The fourth-order valence-electron chi connectivity index (χ4n) is 5.64. The maximum absolute atomic E-state index is 13.9. The van der Waals surface area contributed by atoms with Crippen LogP contribution in [-0.2, 0) is 14.9 Å². The van der Waals surface area contributed by atoms with E-state index in [0.717, 1.165) is 0 Å². The largest absolute Gasteiger partial charge is 0.398 e. The number of halogens is 1. The van der Waals surface area contributed by atoms with Crippen LogP contribution >= 0.6 is 0 Å². The van der Waals surface area contributed by atoms with Crippen LogP contribution in [0.15, 0.2) is 12.1 Å². The molecule has 0 aliphatic carbocycles. The second kappa shape index (κ2) is 4.43. The third-order valence-corrected chi connectivity index (χ3v) is 7.43. The fourth-order valence-corrected chi connectivity index (χ4v) is 5.64. The first-order valence-electron chi connectivity index (χ1n) is 8.62. The van der Waals surface area contributed by atoms with E-state index >= 15 is 0 Å². The lowest BCUT2D eigenvalue weighted by atomic mass is 9.15. The van der Waals surface area contributed by atoms with E-state index in [2.05, 4.69) is 5.32 Å². The van der Waals surface area contributed by atoms with E-state index in [1.807, 2.05) is 15.7 Å². The molecule has 3 heterocycles. The number of hydrogen-bond acceptors (Lipinski definition) is 4. The molecule has 3 aliphatic heterocycles. The van der Waals surface area contributed by atoms with Crippen LogP contribution in [-0.4, -0.2) is 74.6 Å². The minimum Gasteiger partial charge on any atom is -0.398 e. The summed E-state index contributed by atoms with van der Waals surface area (Å²) >= 11 is 0. The zero-order valence-electron chi connectivity index (χ0n) is 15.5. The lowest BCUT2D eigenvalue weighted by Crippen LogP contribution is -2.73. The molecule has 3 N–H and O–H groups in total. The van der Waals surface area contributed by atoms with Crippen LogP contribution in [0.3, 0.4) is 0 Å². The van der Waals surface area contributed by atoms with Gasteiger partial charge in [-0.1, -0.05) is 5.21 Å². The highest BCUT2D eigenvalue weighted by molar-refractivity contribution is 6.78. The van der Waals surface area contributed by atoms with Gasteiger partial charge in [0.1, 0.15) is 52.3 Å². The molecular weight excluding hydrogens is 330 g/mol. The van der Waals surface area contributed by atoms with Gasteiger partial charge in [-0.15, -0.1) is 0 Å². The Morgan fingerprint density at radius 3 is 2.31 bits per heavy atom. The Morgan fingerprint density at radius 2 is 1.69 bits per heavy atom. The van der Waals surface area contributed by atoms with Gasteiger partial charge in [0, 0.05) is 16.6 Å². The van der Waals surface area contributed by atoms with Crippen molar-refractivity contribution >= 4 is 69.9 Å². The quantitative estimate of drug-likeness (QED) is 0.278. The molecular formula is C13H16B6FN3O3. The third-order valence-electron chi connectivity index (χ3n) is 7.43. The Morgan fingerprint density at radius 1 is 1.08 bits per heavy atom. The summed E-state index contributed by atoms with van der Waals surface area (Å²) in [5.41, 5.74) is 5.75. The average molecular weight is 346 g/mol. The van der Waals surface area contributed by atoms with Crippen molar-refractivity contribution in [1.82, 2.24) is 10.2 Å². The second-order valence-corrected chi connectivity index (χ2v) is 8.82. The molecule has 6 nitrogen and oxygen atoms in total. The van der Waals surface area contributed by atoms with E-state index in [4.69, 9.17) is 5.73 Å². The maximum atomic E-state index is 13.9. The molecule has 1 aromatic carbocycles. The van der Waals surface area contributed by atoms with Gasteiger partial charge in [0.15, 0.2) is 0 Å². The van der Waals surface area contributed by atoms with Crippen molar-refractivity contribution in [2.75, 3.05) is 5.73 Å². The Kier molecular flexibility index (Phi) is 2.96. The summed E-state index contributed by atoms with van der Waals surface area (Å²) in [6, 6.07) is 2.37. The number of fused-ring (bicyclic) bond motifs is 5. The molecule has 3 aliphatic rings. The highest BCUT2D eigenvalue weighted by Gasteiger charge is 2.76. The van der Waals surface area contributed by atoms with Crippen LogP contribution in [0.25, 0.3) is 0 Å². The molecule has 3 unspecified atom stereocenters. The summed E-state index contributed by atoms with van der Waals surface area (Å²) in [6.45, 7) is 0. The highest BCUT2D eigenvalue weighted by atomic mass is 19.1. The zero-order chi connectivity index (χ0) is 19.4. The molecule has 4 rings (SSSR count). The number of carbonyl (C=O) groups excluding carboxylic acids is 3. The lowest BCUT2D eigenvalue weighted by molar-refractivity contribution is -0.139. The van der Waals surface area contributed by atoms with Gasteiger partial charge in [0.05, 0.1) is 5.44 Å². The van der Waals surface area contributed by atoms with E-state index in [1.165, 1.54) is 17.0 Å². The molecule has 0 aromatic heterocycles. The van der Waals surface area contributed by atoms with E-state index in [9.17, 15) is 18.8 Å². The van der Waals surface area contributed by atoms with Crippen LogP contribution in [0.4, 0.5) is 10.1 Å². The maximum Gasteiger partial charge on any atom is 0.254 e. The highest BCUT2D eigenvalue weighted by Crippen LogP contribution is 2.66. The van der Waals surface area contributed by atoms with Crippen molar-refractivity contribution in [2.24, 2.45) is 0 Å².